The SMILES string of the molecule is NC(=O)C1CCCN(C(=O)CSc2n[nH]c(Cc3cccs3)n2)C1. The quantitative estimate of drug-likeness (QED) is 0.750. The maximum atomic E-state index is 12.3. The summed E-state index contributed by atoms with van der Waals surface area (Å²) in [5.74, 6) is 0.498. The van der Waals surface area contributed by atoms with E-state index in [1.54, 1.807) is 16.2 Å². The smallest absolute Gasteiger partial charge is 0.233 e. The Kier molecular flexibility index (Phi) is 5.52. The number of aromatic amines is 1. The zero-order valence-corrected chi connectivity index (χ0v) is 14.7. The minimum atomic E-state index is -0.327. The summed E-state index contributed by atoms with van der Waals surface area (Å²) in [6.07, 6.45) is 2.29. The highest BCUT2D eigenvalue weighted by molar-refractivity contribution is 7.99. The number of thiophene rings is 1. The van der Waals surface area contributed by atoms with Gasteiger partial charge in [-0.1, -0.05) is 17.8 Å². The normalized spacial score (nSPS) is 17.8. The topological polar surface area (TPSA) is 105 Å². The van der Waals surface area contributed by atoms with E-state index in [1.807, 2.05) is 11.4 Å². The van der Waals surface area contributed by atoms with Gasteiger partial charge in [-0.15, -0.1) is 16.4 Å². The van der Waals surface area contributed by atoms with Crippen molar-refractivity contribution in [2.45, 2.75) is 24.4 Å². The third-order valence-corrected chi connectivity index (χ3v) is 5.64. The molecule has 1 atom stereocenters. The van der Waals surface area contributed by atoms with E-state index in [1.165, 1.54) is 16.6 Å². The number of hydrogen-bond acceptors (Lipinski definition) is 6. The van der Waals surface area contributed by atoms with E-state index < -0.39 is 0 Å². The van der Waals surface area contributed by atoms with Gasteiger partial charge < -0.3 is 10.6 Å². The zero-order valence-electron chi connectivity index (χ0n) is 13.1. The van der Waals surface area contributed by atoms with Gasteiger partial charge in [0.2, 0.25) is 17.0 Å². The van der Waals surface area contributed by atoms with Crippen molar-refractivity contribution in [3.63, 3.8) is 0 Å². The summed E-state index contributed by atoms with van der Waals surface area (Å²) in [7, 11) is 0. The van der Waals surface area contributed by atoms with E-state index in [9.17, 15) is 9.59 Å². The number of nitrogens with two attached hydrogens (primary N) is 1. The number of rotatable bonds is 6. The molecule has 2 aromatic rings. The fraction of sp³-hybridized carbons (Fsp3) is 0.467. The van der Waals surface area contributed by atoms with Crippen LogP contribution >= 0.6 is 23.1 Å². The van der Waals surface area contributed by atoms with Gasteiger partial charge in [0.1, 0.15) is 5.82 Å². The number of piperidine rings is 1. The van der Waals surface area contributed by atoms with Gasteiger partial charge in [-0.25, -0.2) is 4.98 Å². The van der Waals surface area contributed by atoms with Crippen molar-refractivity contribution in [1.82, 2.24) is 20.1 Å². The Balaban J connectivity index is 1.49. The first-order chi connectivity index (χ1) is 11.6. The molecule has 128 valence electrons. The number of primary amides is 1. The molecule has 3 rings (SSSR count). The highest BCUT2D eigenvalue weighted by Gasteiger charge is 2.27. The predicted octanol–water partition coefficient (Wildman–Crippen LogP) is 1.27. The molecule has 0 saturated carbocycles. The summed E-state index contributed by atoms with van der Waals surface area (Å²) in [5.41, 5.74) is 5.35. The summed E-state index contributed by atoms with van der Waals surface area (Å²) in [5, 5.41) is 9.65. The molecule has 0 aromatic carbocycles. The van der Waals surface area contributed by atoms with Crippen LogP contribution in [0.1, 0.15) is 23.5 Å². The standard InChI is InChI=1S/C15H19N5O2S2/c16-14(22)10-3-1-5-20(8-10)13(21)9-24-15-17-12(18-19-15)7-11-4-2-6-23-11/h2,4,6,10H,1,3,5,7-9H2,(H2,16,22)(H,17,18,19). The minimum absolute atomic E-state index is 0.00411. The molecule has 3 heterocycles. The van der Waals surface area contributed by atoms with Crippen LogP contribution in [0.15, 0.2) is 22.7 Å². The van der Waals surface area contributed by atoms with Crippen molar-refractivity contribution in [3.05, 3.63) is 28.2 Å². The van der Waals surface area contributed by atoms with Gasteiger partial charge in [-0.3, -0.25) is 14.7 Å². The first-order valence-corrected chi connectivity index (χ1v) is 9.62. The van der Waals surface area contributed by atoms with Gasteiger partial charge in [-0.2, -0.15) is 0 Å². The second kappa shape index (κ2) is 7.80. The van der Waals surface area contributed by atoms with Crippen LogP contribution in [0.3, 0.4) is 0 Å². The highest BCUT2D eigenvalue weighted by atomic mass is 32.2. The van der Waals surface area contributed by atoms with E-state index >= 15 is 0 Å². The molecule has 7 nitrogen and oxygen atoms in total. The van der Waals surface area contributed by atoms with Crippen LogP contribution in [0.2, 0.25) is 0 Å². The Bertz CT molecular complexity index is 701. The summed E-state index contributed by atoms with van der Waals surface area (Å²) in [6.45, 7) is 1.10. The Morgan fingerprint density at radius 1 is 1.50 bits per heavy atom. The fourth-order valence-corrected chi connectivity index (χ4v) is 4.08. The lowest BCUT2D eigenvalue weighted by atomic mass is 9.97. The average molecular weight is 365 g/mol. The lowest BCUT2D eigenvalue weighted by Gasteiger charge is -2.31. The molecular formula is C15H19N5O2S2. The molecule has 24 heavy (non-hydrogen) atoms. The van der Waals surface area contributed by atoms with E-state index in [0.717, 1.165) is 18.7 Å². The van der Waals surface area contributed by atoms with Crippen LogP contribution in [0.4, 0.5) is 0 Å². The number of carbonyl (C=O) groups excluding carboxylic acids is 2. The molecule has 1 aliphatic rings. The minimum Gasteiger partial charge on any atom is -0.369 e. The van der Waals surface area contributed by atoms with Crippen LogP contribution in [0.5, 0.6) is 0 Å². The van der Waals surface area contributed by atoms with Gasteiger partial charge in [0.15, 0.2) is 0 Å². The maximum absolute atomic E-state index is 12.3. The van der Waals surface area contributed by atoms with E-state index in [2.05, 4.69) is 21.2 Å². The monoisotopic (exact) mass is 365 g/mol. The number of hydrogen-bond donors (Lipinski definition) is 2. The molecule has 0 spiro atoms. The summed E-state index contributed by atoms with van der Waals surface area (Å²) in [4.78, 5) is 30.9. The maximum Gasteiger partial charge on any atom is 0.233 e. The molecule has 1 unspecified atom stereocenters. The largest absolute Gasteiger partial charge is 0.369 e. The van der Waals surface area contributed by atoms with Crippen molar-refractivity contribution in [1.29, 1.82) is 0 Å². The predicted molar refractivity (Wildman–Crippen MR) is 92.7 cm³/mol. The molecular weight excluding hydrogens is 346 g/mol. The molecule has 0 radical (unpaired) electrons. The van der Waals surface area contributed by atoms with Gasteiger partial charge in [0.25, 0.3) is 0 Å². The molecule has 0 aliphatic carbocycles. The third kappa shape index (κ3) is 4.35. The van der Waals surface area contributed by atoms with Crippen molar-refractivity contribution in [2.24, 2.45) is 11.7 Å². The van der Waals surface area contributed by atoms with Gasteiger partial charge in [0.05, 0.1) is 11.7 Å². The molecule has 1 aliphatic heterocycles. The molecule has 2 aromatic heterocycles. The second-order valence-corrected chi connectivity index (χ2v) is 7.67. The molecule has 1 saturated heterocycles. The second-order valence-electron chi connectivity index (χ2n) is 5.69. The molecule has 2 amide bonds. The number of amides is 2. The van der Waals surface area contributed by atoms with Crippen molar-refractivity contribution < 1.29 is 9.59 Å². The first-order valence-electron chi connectivity index (χ1n) is 7.75. The number of H-pyrrole nitrogens is 1. The van der Waals surface area contributed by atoms with Crippen LogP contribution in [-0.4, -0.2) is 50.7 Å². The number of thioether (sulfide) groups is 1. The van der Waals surface area contributed by atoms with E-state index in [-0.39, 0.29) is 23.5 Å². The Morgan fingerprint density at radius 3 is 3.12 bits per heavy atom. The lowest BCUT2D eigenvalue weighted by molar-refractivity contribution is -0.132. The Morgan fingerprint density at radius 2 is 2.38 bits per heavy atom. The fourth-order valence-electron chi connectivity index (χ4n) is 2.65. The summed E-state index contributed by atoms with van der Waals surface area (Å²) < 4.78 is 0. The zero-order chi connectivity index (χ0) is 16.9. The van der Waals surface area contributed by atoms with Crippen molar-refractivity contribution >= 4 is 34.9 Å². The number of nitrogens with one attached hydrogen (secondary N) is 1. The Labute approximate surface area is 148 Å². The van der Waals surface area contributed by atoms with Crippen LogP contribution in [0.25, 0.3) is 0 Å². The number of carbonyl (C=O) groups is 2. The number of aromatic nitrogens is 3. The van der Waals surface area contributed by atoms with E-state index in [4.69, 9.17) is 5.73 Å². The Hall–Kier alpha value is -1.87. The van der Waals surface area contributed by atoms with Crippen LogP contribution < -0.4 is 5.73 Å². The van der Waals surface area contributed by atoms with Crippen LogP contribution in [-0.2, 0) is 16.0 Å². The van der Waals surface area contributed by atoms with Gasteiger partial charge in [-0.05, 0) is 24.3 Å². The third-order valence-electron chi connectivity index (χ3n) is 3.93. The molecule has 1 fully saturated rings. The van der Waals surface area contributed by atoms with Gasteiger partial charge in [0, 0.05) is 24.4 Å². The summed E-state index contributed by atoms with van der Waals surface area (Å²) >= 11 is 2.98. The molecule has 3 N–H and O–H groups in total. The van der Waals surface area contributed by atoms with Gasteiger partial charge >= 0.3 is 0 Å². The lowest BCUT2D eigenvalue weighted by Crippen LogP contribution is -2.44. The average Bonchev–Trinajstić information content (AvgIpc) is 3.25. The first kappa shape index (κ1) is 17.0. The highest BCUT2D eigenvalue weighted by Crippen LogP contribution is 2.20. The van der Waals surface area contributed by atoms with Crippen molar-refractivity contribution in [3.8, 4) is 0 Å². The number of likely N-dealkylation sites (tertiary alicyclic amines) is 1. The summed E-state index contributed by atoms with van der Waals surface area (Å²) in [6, 6.07) is 4.05. The molecule has 9 heteroatoms. The van der Waals surface area contributed by atoms with Crippen LogP contribution in [0, 0.1) is 5.92 Å². The number of nitrogens with zero attached hydrogens (tertiary/aromatic N) is 3. The van der Waals surface area contributed by atoms with E-state index in [0.29, 0.717) is 24.7 Å². The molecule has 0 bridgehead atoms. The van der Waals surface area contributed by atoms with Crippen molar-refractivity contribution in [2.75, 3.05) is 18.8 Å².